The van der Waals surface area contributed by atoms with E-state index in [1.807, 2.05) is 0 Å². The van der Waals surface area contributed by atoms with Crippen LogP contribution in [0.15, 0.2) is 18.6 Å². The summed E-state index contributed by atoms with van der Waals surface area (Å²) in [5.41, 5.74) is 7.72. The molecule has 0 aromatic carbocycles. The van der Waals surface area contributed by atoms with E-state index in [4.69, 9.17) is 20.6 Å². The standard InChI is InChI=1S/C33H45N6OP.C2H3N.BF4.Cu/c1-28(2)22-10-13-31(28,7)25-19(22)16-37(34-25)41(40,38-17-20-23-11-14-32(8,26(20)35-38)29(23,3)4)39-18-21-24-12-15-33(9,27(21)36-39)30(24,5)6;1-2-3;2-1(3,4)5;/h16-18,22-24H,10-15H2,1-9H3;1H3;;/q;;-1;+1/t22-,23-,24-,31+,32+,33+;;;/m1.../s1. The second-order valence-corrected chi connectivity index (χ2v) is 20.0. The van der Waals surface area contributed by atoms with Gasteiger partial charge < -0.3 is 17.3 Å². The van der Waals surface area contributed by atoms with Gasteiger partial charge in [-0.1, -0.05) is 62.3 Å². The first-order valence-electron chi connectivity index (χ1n) is 17.6. The molecule has 276 valence electrons. The van der Waals surface area contributed by atoms with Crippen LogP contribution in [0.2, 0.25) is 0 Å². The fraction of sp³-hybridized carbons (Fsp3) is 0.714. The SMILES string of the molecule is CC#N.CC1(C)[C@@H]2CC[C@@]1(C)c1nn(P(=O)(n3cc4c(n3)[C@]3(C)CC[C@H]4C3(C)C)n3cc4c(n3)[C@]3(C)CC[C@H]4C3(C)C)cc12.F[B-](F)(F)F.[Cu+]. The van der Waals surface area contributed by atoms with Gasteiger partial charge in [-0.05, 0) is 89.2 Å². The Morgan fingerprint density at radius 2 is 0.880 bits per heavy atom. The Labute approximate surface area is 303 Å². The molecule has 3 fully saturated rings. The largest absolute Gasteiger partial charge is 1.00 e. The van der Waals surface area contributed by atoms with Gasteiger partial charge in [0.25, 0.3) is 0 Å². The molecule has 0 aliphatic heterocycles. The Morgan fingerprint density at radius 1 is 0.660 bits per heavy atom. The Balaban J connectivity index is 0.000000438. The fourth-order valence-corrected chi connectivity index (χ4v) is 13.3. The first kappa shape index (κ1) is 37.4. The van der Waals surface area contributed by atoms with Crippen molar-refractivity contribution in [1.29, 1.82) is 5.26 Å². The molecule has 8 nitrogen and oxygen atoms in total. The van der Waals surface area contributed by atoms with Gasteiger partial charge in [0.15, 0.2) is 0 Å². The second-order valence-electron chi connectivity index (χ2n) is 17.7. The minimum atomic E-state index is -6.00. The Kier molecular flexibility index (Phi) is 8.12. The minimum Gasteiger partial charge on any atom is -0.418 e. The zero-order valence-electron chi connectivity index (χ0n) is 30.6. The molecule has 3 saturated carbocycles. The molecule has 0 N–H and O–H groups in total. The first-order valence-corrected chi connectivity index (χ1v) is 19.1. The van der Waals surface area contributed by atoms with Gasteiger partial charge in [0.05, 0.1) is 23.2 Å². The third kappa shape index (κ3) is 4.35. The molecule has 0 saturated heterocycles. The minimum absolute atomic E-state index is 0. The third-order valence-corrected chi connectivity index (χ3v) is 17.6. The van der Waals surface area contributed by atoms with Crippen LogP contribution in [-0.2, 0) is 37.9 Å². The van der Waals surface area contributed by atoms with Gasteiger partial charge in [0, 0.05) is 41.8 Å². The van der Waals surface area contributed by atoms with Crippen molar-refractivity contribution < 1.29 is 38.9 Å². The quantitative estimate of drug-likeness (QED) is 0.151. The monoisotopic (exact) mass is 763 g/mol. The van der Waals surface area contributed by atoms with Crippen LogP contribution in [-0.4, -0.2) is 35.9 Å². The van der Waals surface area contributed by atoms with Crippen LogP contribution in [0.1, 0.15) is 159 Å². The average molecular weight is 764 g/mol. The molecule has 6 bridgehead atoms. The van der Waals surface area contributed by atoms with Crippen molar-refractivity contribution in [2.75, 3.05) is 0 Å². The predicted molar refractivity (Wildman–Crippen MR) is 181 cm³/mol. The van der Waals surface area contributed by atoms with Gasteiger partial charge >= 0.3 is 31.9 Å². The third-order valence-electron chi connectivity index (χ3n) is 15.4. The second kappa shape index (κ2) is 10.9. The maximum atomic E-state index is 15.9. The summed E-state index contributed by atoms with van der Waals surface area (Å²) in [5.74, 6) is 1.34. The van der Waals surface area contributed by atoms with E-state index in [0.29, 0.717) is 17.8 Å². The number of halogens is 4. The number of fused-ring (bicyclic) bond motifs is 15. The molecule has 15 heteroatoms. The number of hydrogen-bond donors (Lipinski definition) is 0. The molecular weight excluding hydrogens is 716 g/mol. The summed E-state index contributed by atoms with van der Waals surface area (Å²) in [6.07, 6.45) is 13.3. The number of aromatic nitrogens is 6. The summed E-state index contributed by atoms with van der Waals surface area (Å²) in [6.45, 7) is 22.9. The zero-order chi connectivity index (χ0) is 36.1. The fourth-order valence-electron chi connectivity index (χ4n) is 11.3. The predicted octanol–water partition coefficient (Wildman–Crippen LogP) is 9.68. The van der Waals surface area contributed by atoms with Gasteiger partial charge in [-0.25, -0.2) is 4.57 Å². The molecule has 3 aromatic rings. The van der Waals surface area contributed by atoms with Crippen LogP contribution in [0.3, 0.4) is 0 Å². The van der Waals surface area contributed by atoms with E-state index in [-0.39, 0.29) is 49.6 Å². The Hall–Kier alpha value is -2.35. The van der Waals surface area contributed by atoms with E-state index in [0.717, 1.165) is 36.3 Å². The van der Waals surface area contributed by atoms with Crippen molar-refractivity contribution in [1.82, 2.24) is 28.7 Å². The molecule has 9 rings (SSSR count). The summed E-state index contributed by atoms with van der Waals surface area (Å²) in [5, 5.41) is 23.1. The van der Waals surface area contributed by atoms with Crippen LogP contribution in [0.5, 0.6) is 0 Å². The number of nitriles is 1. The molecule has 0 unspecified atom stereocenters. The Bertz CT molecular complexity index is 1770. The van der Waals surface area contributed by atoms with Crippen molar-refractivity contribution in [3.05, 3.63) is 52.4 Å². The first-order chi connectivity index (χ1) is 22.4. The molecule has 6 atom stereocenters. The van der Waals surface area contributed by atoms with Crippen LogP contribution in [0.4, 0.5) is 17.3 Å². The summed E-state index contributed by atoms with van der Waals surface area (Å²) in [6, 6.07) is 1.75. The molecule has 3 heterocycles. The topological polar surface area (TPSA) is 94.3 Å². The van der Waals surface area contributed by atoms with Crippen LogP contribution >= 0.6 is 7.59 Å². The smallest absolute Gasteiger partial charge is 0.418 e. The maximum absolute atomic E-state index is 15.9. The molecule has 0 radical (unpaired) electrons. The van der Waals surface area contributed by atoms with E-state index in [9.17, 15) is 17.3 Å². The van der Waals surface area contributed by atoms with Crippen molar-refractivity contribution in [2.24, 2.45) is 16.2 Å². The van der Waals surface area contributed by atoms with Crippen LogP contribution in [0.25, 0.3) is 0 Å². The van der Waals surface area contributed by atoms with E-state index in [1.165, 1.54) is 42.9 Å². The molecule has 0 amide bonds. The van der Waals surface area contributed by atoms with Gasteiger partial charge in [0.2, 0.25) is 0 Å². The summed E-state index contributed by atoms with van der Waals surface area (Å²) in [4.78, 5) is 0. The average Bonchev–Trinajstić information content (AvgIpc) is 3.83. The van der Waals surface area contributed by atoms with Crippen molar-refractivity contribution >= 4 is 14.8 Å². The summed E-state index contributed by atoms with van der Waals surface area (Å²) >= 11 is 0. The molecule has 50 heavy (non-hydrogen) atoms. The van der Waals surface area contributed by atoms with E-state index < -0.39 is 14.8 Å². The van der Waals surface area contributed by atoms with Gasteiger partial charge in [-0.2, -0.15) is 33.9 Å². The normalized spacial score (nSPS) is 33.7. The van der Waals surface area contributed by atoms with Gasteiger partial charge in [0.1, 0.15) is 0 Å². The zero-order valence-corrected chi connectivity index (χ0v) is 32.4. The Morgan fingerprint density at radius 3 is 1.08 bits per heavy atom. The van der Waals surface area contributed by atoms with Crippen molar-refractivity contribution in [3.8, 4) is 6.07 Å². The van der Waals surface area contributed by atoms with Gasteiger partial charge in [-0.15, -0.1) is 0 Å². The molecule has 3 aromatic heterocycles. The van der Waals surface area contributed by atoms with E-state index >= 15 is 4.57 Å². The molecular formula is C35H48BCuF4N7OP. The number of hydrogen-bond acceptors (Lipinski definition) is 5. The molecule has 6 aliphatic rings. The van der Waals surface area contributed by atoms with Crippen molar-refractivity contribution in [3.63, 3.8) is 0 Å². The summed E-state index contributed by atoms with van der Waals surface area (Å²) in [7, 11) is -9.61. The maximum Gasteiger partial charge on any atom is 1.00 e. The van der Waals surface area contributed by atoms with Gasteiger partial charge in [-0.3, -0.25) is 0 Å². The van der Waals surface area contributed by atoms with Crippen LogP contribution < -0.4 is 0 Å². The number of rotatable bonds is 3. The number of nitrogens with zero attached hydrogens (tertiary/aromatic N) is 7. The van der Waals surface area contributed by atoms with E-state index in [2.05, 4.69) is 80.9 Å². The molecule has 0 spiro atoms. The van der Waals surface area contributed by atoms with Crippen molar-refractivity contribution in [2.45, 2.75) is 142 Å². The van der Waals surface area contributed by atoms with Crippen LogP contribution in [0, 0.1) is 27.6 Å². The molecule has 6 aliphatic carbocycles. The van der Waals surface area contributed by atoms with E-state index in [1.54, 1.807) is 19.4 Å². The summed E-state index contributed by atoms with van der Waals surface area (Å²) < 4.78 is 60.3.